The molecule has 2 aromatic carbocycles. The van der Waals surface area contributed by atoms with Crippen LogP contribution >= 0.6 is 11.3 Å². The van der Waals surface area contributed by atoms with E-state index in [2.05, 4.69) is 4.98 Å². The number of benzene rings is 2. The quantitative estimate of drug-likeness (QED) is 0.296. The van der Waals surface area contributed by atoms with Crippen molar-refractivity contribution in [1.82, 2.24) is 4.98 Å². The maximum Gasteiger partial charge on any atom is 0.416 e. The Hall–Kier alpha value is -2.66. The van der Waals surface area contributed by atoms with Gasteiger partial charge in [-0.3, -0.25) is 4.98 Å². The smallest absolute Gasteiger partial charge is 0.256 e. The molecule has 0 saturated heterocycles. The lowest BCUT2D eigenvalue weighted by molar-refractivity contribution is -0.137. The van der Waals surface area contributed by atoms with Gasteiger partial charge in [-0.2, -0.15) is 13.2 Å². The number of pyridine rings is 1. The molecule has 4 rings (SSSR count). The van der Waals surface area contributed by atoms with Crippen LogP contribution in [0.25, 0.3) is 32.5 Å². The summed E-state index contributed by atoms with van der Waals surface area (Å²) >= 11 is 1.05. The van der Waals surface area contributed by atoms with E-state index in [-0.39, 0.29) is 39.6 Å². The van der Waals surface area contributed by atoms with E-state index in [1.165, 1.54) is 18.2 Å². The van der Waals surface area contributed by atoms with Crippen LogP contribution in [-0.4, -0.2) is 4.98 Å². The Morgan fingerprint density at radius 1 is 1.00 bits per heavy atom. The SMILES string of the molecule is [2H]c1cc(C([2H])([2H])C(C)(C)C)cc(C([2H])([2H])[2H])c1-c1cc(-c2csc3cc(C(F)(F)F)ccc23)ncc1C([2H])([2H])[2H]. The third kappa shape index (κ3) is 4.58. The minimum Gasteiger partial charge on any atom is -0.256 e. The van der Waals surface area contributed by atoms with E-state index in [1.807, 2.05) is 0 Å². The lowest BCUT2D eigenvalue weighted by atomic mass is 9.86. The zero-order valence-corrected chi connectivity index (χ0v) is 18.4. The summed E-state index contributed by atoms with van der Waals surface area (Å²) in [4.78, 5) is 4.27. The molecule has 0 aliphatic heterocycles. The van der Waals surface area contributed by atoms with Gasteiger partial charge in [-0.1, -0.05) is 45.0 Å². The first-order valence-corrected chi connectivity index (χ1v) is 10.7. The summed E-state index contributed by atoms with van der Waals surface area (Å²) in [6.45, 7) is -0.664. The van der Waals surface area contributed by atoms with E-state index in [0.29, 0.717) is 15.6 Å². The second kappa shape index (κ2) is 8.04. The van der Waals surface area contributed by atoms with Crippen molar-refractivity contribution in [1.29, 1.82) is 0 Å². The van der Waals surface area contributed by atoms with Crippen LogP contribution in [0.1, 0.15) is 55.4 Å². The zero-order valence-electron chi connectivity index (χ0n) is 26.6. The summed E-state index contributed by atoms with van der Waals surface area (Å²) in [5, 5.41) is 2.03. The fraction of sp³-hybridized carbons (Fsp3) is 0.296. The Morgan fingerprint density at radius 2 is 1.78 bits per heavy atom. The molecule has 0 fully saturated rings. The molecule has 0 amide bonds. The Bertz CT molecular complexity index is 1630. The van der Waals surface area contributed by atoms with Gasteiger partial charge in [0.25, 0.3) is 0 Å². The highest BCUT2D eigenvalue weighted by Gasteiger charge is 2.30. The first-order chi connectivity index (χ1) is 18.5. The van der Waals surface area contributed by atoms with Crippen molar-refractivity contribution in [3.8, 4) is 22.4 Å². The standard InChI is InChI=1S/C27H26F3NS/c1-16-10-18(13-26(3,4)5)6-8-20(16)22-12-24(31-14-17(22)2)23-15-32-25-11-19(27(28,29)30)7-9-21(23)25/h6-12,14-15H,13H2,1-5H3/i1D3,2D3,8D,13D2. The van der Waals surface area contributed by atoms with Gasteiger partial charge in [-0.05, 0) is 71.5 Å². The Balaban J connectivity index is 2.02. The summed E-state index contributed by atoms with van der Waals surface area (Å²) in [5.74, 6) is 0. The predicted octanol–water partition coefficient (Wildman–Crippen LogP) is 8.85. The molecule has 2 heterocycles. The molecule has 166 valence electrons. The molecule has 1 nitrogen and oxygen atoms in total. The van der Waals surface area contributed by atoms with Crippen molar-refractivity contribution < 1.29 is 25.5 Å². The highest BCUT2D eigenvalue weighted by Crippen LogP contribution is 2.39. The van der Waals surface area contributed by atoms with Gasteiger partial charge in [0.1, 0.15) is 0 Å². The molecule has 0 aliphatic carbocycles. The molecule has 0 unspecified atom stereocenters. The molecule has 0 aliphatic rings. The average Bonchev–Trinajstić information content (AvgIpc) is 3.24. The van der Waals surface area contributed by atoms with E-state index in [0.717, 1.165) is 35.7 Å². The lowest BCUT2D eigenvalue weighted by Crippen LogP contribution is -2.09. The number of aromatic nitrogens is 1. The van der Waals surface area contributed by atoms with Crippen LogP contribution in [0.5, 0.6) is 0 Å². The zero-order chi connectivity index (χ0) is 30.9. The number of hydrogen-bond acceptors (Lipinski definition) is 2. The molecule has 0 bridgehead atoms. The highest BCUT2D eigenvalue weighted by atomic mass is 32.1. The third-order valence-corrected chi connectivity index (χ3v) is 5.76. The topological polar surface area (TPSA) is 12.9 Å². The Kier molecular flexibility index (Phi) is 3.46. The van der Waals surface area contributed by atoms with Crippen LogP contribution in [-0.2, 0) is 12.5 Å². The number of aryl methyl sites for hydroxylation is 2. The van der Waals surface area contributed by atoms with Gasteiger partial charge in [-0.15, -0.1) is 11.3 Å². The Labute approximate surface area is 203 Å². The second-order valence-corrected chi connectivity index (χ2v) is 9.44. The predicted molar refractivity (Wildman–Crippen MR) is 128 cm³/mol. The summed E-state index contributed by atoms with van der Waals surface area (Å²) in [7, 11) is 0. The monoisotopic (exact) mass is 462 g/mol. The summed E-state index contributed by atoms with van der Waals surface area (Å²) in [5.41, 5.74) is -2.20. The molecule has 5 heteroatoms. The molecule has 0 N–H and O–H groups in total. The van der Waals surface area contributed by atoms with Crippen LogP contribution in [0.15, 0.2) is 54.0 Å². The maximum atomic E-state index is 13.2. The molecule has 2 aromatic heterocycles. The molecule has 4 aromatic rings. The molecular weight excluding hydrogens is 427 g/mol. The van der Waals surface area contributed by atoms with Gasteiger partial charge >= 0.3 is 6.18 Å². The van der Waals surface area contributed by atoms with Gasteiger partial charge < -0.3 is 0 Å². The fourth-order valence-corrected chi connectivity index (χ4v) is 4.43. The van der Waals surface area contributed by atoms with Crippen molar-refractivity contribution >= 4 is 21.4 Å². The number of thiophene rings is 1. The van der Waals surface area contributed by atoms with Gasteiger partial charge in [-0.25, -0.2) is 0 Å². The van der Waals surface area contributed by atoms with Gasteiger partial charge in [0, 0.05) is 38.2 Å². The molecule has 32 heavy (non-hydrogen) atoms. The van der Waals surface area contributed by atoms with Gasteiger partial charge in [0.15, 0.2) is 0 Å². The number of nitrogens with zero attached hydrogens (tertiary/aromatic N) is 1. The van der Waals surface area contributed by atoms with Crippen LogP contribution in [0.2, 0.25) is 0 Å². The molecule has 0 saturated carbocycles. The highest BCUT2D eigenvalue weighted by molar-refractivity contribution is 7.17. The van der Waals surface area contributed by atoms with Gasteiger partial charge in [0.05, 0.1) is 12.6 Å². The molecule has 0 spiro atoms. The second-order valence-electron chi connectivity index (χ2n) is 8.53. The van der Waals surface area contributed by atoms with E-state index in [1.54, 1.807) is 26.2 Å². The minimum absolute atomic E-state index is 0.0288. The van der Waals surface area contributed by atoms with E-state index in [9.17, 15) is 13.2 Å². The first-order valence-electron chi connectivity index (χ1n) is 14.3. The molecule has 0 atom stereocenters. The van der Waals surface area contributed by atoms with Gasteiger partial charge in [0.2, 0.25) is 0 Å². The van der Waals surface area contributed by atoms with Crippen molar-refractivity contribution in [3.63, 3.8) is 0 Å². The molecular formula is C27H26F3NS. The van der Waals surface area contributed by atoms with E-state index < -0.39 is 37.2 Å². The first kappa shape index (κ1) is 13.8. The molecule has 0 radical (unpaired) electrons. The van der Waals surface area contributed by atoms with Crippen LogP contribution in [0, 0.1) is 19.1 Å². The average molecular weight is 463 g/mol. The van der Waals surface area contributed by atoms with Crippen molar-refractivity contribution in [2.24, 2.45) is 5.41 Å². The van der Waals surface area contributed by atoms with E-state index >= 15 is 0 Å². The normalized spacial score (nSPS) is 17.9. The van der Waals surface area contributed by atoms with Crippen molar-refractivity contribution in [3.05, 3.63) is 76.3 Å². The van der Waals surface area contributed by atoms with Crippen LogP contribution in [0.4, 0.5) is 13.2 Å². The third-order valence-electron chi connectivity index (χ3n) is 4.81. The van der Waals surface area contributed by atoms with Crippen molar-refractivity contribution in [2.45, 2.75) is 47.0 Å². The summed E-state index contributed by atoms with van der Waals surface area (Å²) < 4.78 is 115. The maximum absolute atomic E-state index is 13.2. The van der Waals surface area contributed by atoms with Crippen molar-refractivity contribution in [2.75, 3.05) is 0 Å². The number of rotatable bonds is 3. The van der Waals surface area contributed by atoms with Crippen LogP contribution in [0.3, 0.4) is 0 Å². The fourth-order valence-electron chi connectivity index (χ4n) is 3.44. The summed E-state index contributed by atoms with van der Waals surface area (Å²) in [6.07, 6.45) is -5.49. The van der Waals surface area contributed by atoms with E-state index in [4.69, 9.17) is 12.3 Å². The minimum atomic E-state index is -4.53. The number of hydrogen-bond donors (Lipinski definition) is 0. The lowest BCUT2D eigenvalue weighted by Gasteiger charge is -2.19. The summed E-state index contributed by atoms with van der Waals surface area (Å²) in [6, 6.07) is 6.57. The number of halogens is 3. The Morgan fingerprint density at radius 3 is 2.47 bits per heavy atom. The number of alkyl halides is 3. The van der Waals surface area contributed by atoms with Crippen LogP contribution < -0.4 is 0 Å². The largest absolute Gasteiger partial charge is 0.416 e. The number of fused-ring (bicyclic) bond motifs is 1.